The lowest BCUT2D eigenvalue weighted by molar-refractivity contribution is -0.117. The second-order valence-electron chi connectivity index (χ2n) is 2.79. The number of primary amides is 1. The first-order chi connectivity index (χ1) is 6.63. The normalized spacial score (nSPS) is 8.31. The van der Waals surface area contributed by atoms with Crippen molar-refractivity contribution >= 4 is 36.5 Å². The molecule has 0 heterocycles. The van der Waals surface area contributed by atoms with Gasteiger partial charge in [0.05, 0.1) is 13.5 Å². The van der Waals surface area contributed by atoms with Crippen LogP contribution in [0.15, 0.2) is 24.3 Å². The summed E-state index contributed by atoms with van der Waals surface area (Å²) in [4.78, 5) is 21.8. The Bertz CT molecular complexity index is 352. The van der Waals surface area contributed by atoms with Gasteiger partial charge < -0.3 is 10.5 Å². The zero-order valence-corrected chi connectivity index (χ0v) is 10.3. The standard InChI is InChI=1S/C10H11NO3.2ClH/c1-14-8-4-2-7(3-5-8)9(12)6-10(11)13;;/h2-5H,6H2,1H3,(H2,11,13);2*1H. The van der Waals surface area contributed by atoms with Crippen molar-refractivity contribution in [3.8, 4) is 5.75 Å². The van der Waals surface area contributed by atoms with Crippen molar-refractivity contribution in [2.24, 2.45) is 5.73 Å². The van der Waals surface area contributed by atoms with Crippen LogP contribution >= 0.6 is 24.8 Å². The van der Waals surface area contributed by atoms with Gasteiger partial charge in [-0.05, 0) is 24.3 Å². The quantitative estimate of drug-likeness (QED) is 0.664. The van der Waals surface area contributed by atoms with Crippen molar-refractivity contribution in [3.05, 3.63) is 29.8 Å². The first kappa shape index (κ1) is 17.1. The van der Waals surface area contributed by atoms with E-state index in [0.29, 0.717) is 11.3 Å². The van der Waals surface area contributed by atoms with E-state index < -0.39 is 5.91 Å². The average molecular weight is 266 g/mol. The van der Waals surface area contributed by atoms with Crippen molar-refractivity contribution in [1.82, 2.24) is 0 Å². The molecule has 0 spiro atoms. The fraction of sp³-hybridized carbons (Fsp3) is 0.200. The van der Waals surface area contributed by atoms with Crippen LogP contribution in [0.2, 0.25) is 0 Å². The van der Waals surface area contributed by atoms with Crippen molar-refractivity contribution < 1.29 is 14.3 Å². The summed E-state index contributed by atoms with van der Waals surface area (Å²) >= 11 is 0. The highest BCUT2D eigenvalue weighted by atomic mass is 35.5. The summed E-state index contributed by atoms with van der Waals surface area (Å²) in [5.41, 5.74) is 5.36. The Labute approximate surface area is 106 Å². The van der Waals surface area contributed by atoms with E-state index in [9.17, 15) is 9.59 Å². The second kappa shape index (κ2) is 7.96. The van der Waals surface area contributed by atoms with Crippen molar-refractivity contribution in [2.45, 2.75) is 6.42 Å². The Kier molecular flexibility index (Phi) is 8.53. The molecule has 0 unspecified atom stereocenters. The van der Waals surface area contributed by atoms with Gasteiger partial charge in [0.2, 0.25) is 5.91 Å². The number of methoxy groups -OCH3 is 1. The molecule has 0 aliphatic rings. The molecular formula is C10H13Cl2NO3. The summed E-state index contributed by atoms with van der Waals surface area (Å²) in [6.07, 6.45) is -0.258. The van der Waals surface area contributed by atoms with Crippen LogP contribution < -0.4 is 10.5 Å². The number of nitrogens with two attached hydrogens (primary N) is 1. The number of halogens is 2. The number of hydrogen-bond acceptors (Lipinski definition) is 3. The third-order valence-corrected chi connectivity index (χ3v) is 1.75. The number of Topliss-reactive ketones (excluding diaryl/α,β-unsaturated/α-hetero) is 1. The summed E-state index contributed by atoms with van der Waals surface area (Å²) in [7, 11) is 1.54. The third-order valence-electron chi connectivity index (χ3n) is 1.75. The van der Waals surface area contributed by atoms with Gasteiger partial charge in [-0.25, -0.2) is 0 Å². The van der Waals surface area contributed by atoms with Crippen LogP contribution in [0.4, 0.5) is 0 Å². The van der Waals surface area contributed by atoms with Gasteiger partial charge in [0.15, 0.2) is 5.78 Å². The molecule has 1 rings (SSSR count). The number of rotatable bonds is 4. The van der Waals surface area contributed by atoms with Crippen LogP contribution in [0.5, 0.6) is 5.75 Å². The Morgan fingerprint density at radius 3 is 2.06 bits per heavy atom. The van der Waals surface area contributed by atoms with Crippen LogP contribution in [-0.4, -0.2) is 18.8 Å². The number of ketones is 1. The molecule has 0 radical (unpaired) electrons. The van der Waals surface area contributed by atoms with Gasteiger partial charge in [-0.1, -0.05) is 0 Å². The predicted octanol–water partition coefficient (Wildman–Crippen LogP) is 1.60. The lowest BCUT2D eigenvalue weighted by Gasteiger charge is -2.01. The van der Waals surface area contributed by atoms with Gasteiger partial charge in [0.1, 0.15) is 5.75 Å². The molecule has 0 bridgehead atoms. The van der Waals surface area contributed by atoms with Crippen LogP contribution in [0, 0.1) is 0 Å². The summed E-state index contributed by atoms with van der Waals surface area (Å²) in [5.74, 6) is -0.230. The Balaban J connectivity index is 0. The molecular weight excluding hydrogens is 253 g/mol. The van der Waals surface area contributed by atoms with Gasteiger partial charge in [-0.3, -0.25) is 9.59 Å². The highest BCUT2D eigenvalue weighted by molar-refractivity contribution is 6.06. The minimum Gasteiger partial charge on any atom is -0.497 e. The fourth-order valence-electron chi connectivity index (χ4n) is 1.04. The van der Waals surface area contributed by atoms with E-state index >= 15 is 0 Å². The van der Waals surface area contributed by atoms with E-state index in [1.54, 1.807) is 31.4 Å². The zero-order valence-electron chi connectivity index (χ0n) is 8.64. The first-order valence-electron chi connectivity index (χ1n) is 4.09. The molecule has 0 saturated heterocycles. The maximum absolute atomic E-state index is 11.3. The minimum absolute atomic E-state index is 0. The smallest absolute Gasteiger partial charge is 0.225 e. The van der Waals surface area contributed by atoms with E-state index in [2.05, 4.69) is 0 Å². The molecule has 0 aliphatic heterocycles. The number of ether oxygens (including phenoxy) is 1. The lowest BCUT2D eigenvalue weighted by Crippen LogP contribution is -2.16. The summed E-state index contributed by atoms with van der Waals surface area (Å²) in [6.45, 7) is 0. The van der Waals surface area contributed by atoms with E-state index in [1.165, 1.54) is 0 Å². The molecule has 0 fully saturated rings. The molecule has 1 aromatic rings. The third kappa shape index (κ3) is 5.00. The van der Waals surface area contributed by atoms with Crippen LogP contribution in [0.1, 0.15) is 16.8 Å². The average Bonchev–Trinajstić information content (AvgIpc) is 2.17. The van der Waals surface area contributed by atoms with Gasteiger partial charge in [0, 0.05) is 5.56 Å². The van der Waals surface area contributed by atoms with Crippen molar-refractivity contribution in [1.29, 1.82) is 0 Å². The molecule has 6 heteroatoms. The molecule has 1 amide bonds. The molecule has 1 aromatic carbocycles. The summed E-state index contributed by atoms with van der Waals surface area (Å²) in [5, 5.41) is 0. The minimum atomic E-state index is -0.620. The molecule has 16 heavy (non-hydrogen) atoms. The molecule has 90 valence electrons. The van der Waals surface area contributed by atoms with Crippen LogP contribution in [0.3, 0.4) is 0 Å². The van der Waals surface area contributed by atoms with E-state index in [1.807, 2.05) is 0 Å². The first-order valence-corrected chi connectivity index (χ1v) is 4.09. The fourth-order valence-corrected chi connectivity index (χ4v) is 1.04. The predicted molar refractivity (Wildman–Crippen MR) is 65.6 cm³/mol. The van der Waals surface area contributed by atoms with E-state index in [-0.39, 0.29) is 37.0 Å². The largest absolute Gasteiger partial charge is 0.497 e. The van der Waals surface area contributed by atoms with E-state index in [4.69, 9.17) is 10.5 Å². The molecule has 0 aliphatic carbocycles. The monoisotopic (exact) mass is 265 g/mol. The number of carbonyl (C=O) groups is 2. The van der Waals surface area contributed by atoms with E-state index in [0.717, 1.165) is 0 Å². The van der Waals surface area contributed by atoms with Gasteiger partial charge in [-0.15, -0.1) is 24.8 Å². The molecule has 0 saturated carbocycles. The second-order valence-corrected chi connectivity index (χ2v) is 2.79. The molecule has 4 nitrogen and oxygen atoms in total. The molecule has 2 N–H and O–H groups in total. The number of carbonyl (C=O) groups excluding carboxylic acids is 2. The Morgan fingerprint density at radius 2 is 1.69 bits per heavy atom. The zero-order chi connectivity index (χ0) is 10.6. The number of hydrogen-bond donors (Lipinski definition) is 1. The lowest BCUT2D eigenvalue weighted by atomic mass is 10.1. The number of amides is 1. The topological polar surface area (TPSA) is 69.4 Å². The maximum atomic E-state index is 11.3. The van der Waals surface area contributed by atoms with Crippen molar-refractivity contribution in [2.75, 3.05) is 7.11 Å². The molecule has 0 atom stereocenters. The summed E-state index contributed by atoms with van der Waals surface area (Å²) < 4.78 is 4.93. The van der Waals surface area contributed by atoms with Crippen LogP contribution in [0.25, 0.3) is 0 Å². The Morgan fingerprint density at radius 1 is 1.19 bits per heavy atom. The SMILES string of the molecule is COc1ccc(C(=O)CC(N)=O)cc1.Cl.Cl. The highest BCUT2D eigenvalue weighted by Gasteiger charge is 2.08. The Hall–Kier alpha value is -1.26. The highest BCUT2D eigenvalue weighted by Crippen LogP contribution is 2.12. The van der Waals surface area contributed by atoms with Crippen LogP contribution in [-0.2, 0) is 4.79 Å². The van der Waals surface area contributed by atoms with Gasteiger partial charge in [0.25, 0.3) is 0 Å². The number of benzene rings is 1. The van der Waals surface area contributed by atoms with Gasteiger partial charge >= 0.3 is 0 Å². The summed E-state index contributed by atoms with van der Waals surface area (Å²) in [6, 6.07) is 6.52. The molecule has 0 aromatic heterocycles. The maximum Gasteiger partial charge on any atom is 0.225 e. The van der Waals surface area contributed by atoms with Gasteiger partial charge in [-0.2, -0.15) is 0 Å². The van der Waals surface area contributed by atoms with Crippen molar-refractivity contribution in [3.63, 3.8) is 0 Å².